The molecule has 0 saturated heterocycles. The van der Waals surface area contributed by atoms with Crippen molar-refractivity contribution in [3.05, 3.63) is 29.6 Å². The maximum atomic E-state index is 11.5. The van der Waals surface area contributed by atoms with E-state index in [9.17, 15) is 4.79 Å². The first-order chi connectivity index (χ1) is 8.90. The number of hydrogen-bond acceptors (Lipinski definition) is 4. The van der Waals surface area contributed by atoms with Crippen LogP contribution in [0.1, 0.15) is 44.9 Å². The second-order valence-corrected chi connectivity index (χ2v) is 5.43. The number of nitrogens with zero attached hydrogens (tertiary/aromatic N) is 2. The standard InChI is InChI=1S/C15H20N2O2/c1-15(2,3)19-14(18)6-4-5-13-8-7-12(9-10-16)11-17-13/h7-8,11H,4-6,9H2,1-3H3. The number of aryl methyl sites for hydroxylation is 1. The summed E-state index contributed by atoms with van der Waals surface area (Å²) in [4.78, 5) is 15.8. The van der Waals surface area contributed by atoms with E-state index < -0.39 is 5.60 Å². The van der Waals surface area contributed by atoms with Gasteiger partial charge in [-0.05, 0) is 45.2 Å². The summed E-state index contributed by atoms with van der Waals surface area (Å²) in [6, 6.07) is 5.89. The summed E-state index contributed by atoms with van der Waals surface area (Å²) in [7, 11) is 0. The fourth-order valence-electron chi connectivity index (χ4n) is 1.61. The van der Waals surface area contributed by atoms with Gasteiger partial charge in [0.25, 0.3) is 0 Å². The predicted octanol–water partition coefficient (Wildman–Crippen LogP) is 2.81. The number of carbonyl (C=O) groups is 1. The Morgan fingerprint density at radius 1 is 1.42 bits per heavy atom. The molecule has 0 atom stereocenters. The van der Waals surface area contributed by atoms with Crippen LogP contribution >= 0.6 is 0 Å². The van der Waals surface area contributed by atoms with Gasteiger partial charge in [0.05, 0.1) is 12.5 Å². The molecule has 0 radical (unpaired) electrons. The van der Waals surface area contributed by atoms with Crippen molar-refractivity contribution < 1.29 is 9.53 Å². The molecule has 1 heterocycles. The highest BCUT2D eigenvalue weighted by Gasteiger charge is 2.15. The average Bonchev–Trinajstić information content (AvgIpc) is 2.29. The Balaban J connectivity index is 2.33. The molecule has 1 rings (SSSR count). The minimum atomic E-state index is -0.422. The monoisotopic (exact) mass is 260 g/mol. The second-order valence-electron chi connectivity index (χ2n) is 5.43. The van der Waals surface area contributed by atoms with Crippen molar-refractivity contribution in [3.8, 4) is 6.07 Å². The SMILES string of the molecule is CC(C)(C)OC(=O)CCCc1ccc(CC#N)cn1. The molecule has 1 aromatic rings. The van der Waals surface area contributed by atoms with Crippen molar-refractivity contribution in [1.29, 1.82) is 5.26 Å². The van der Waals surface area contributed by atoms with Crippen LogP contribution in [0.4, 0.5) is 0 Å². The van der Waals surface area contributed by atoms with E-state index in [1.54, 1.807) is 6.20 Å². The van der Waals surface area contributed by atoms with Gasteiger partial charge < -0.3 is 4.74 Å². The van der Waals surface area contributed by atoms with E-state index >= 15 is 0 Å². The molecule has 102 valence electrons. The van der Waals surface area contributed by atoms with Crippen LogP contribution in [0.15, 0.2) is 18.3 Å². The van der Waals surface area contributed by atoms with E-state index in [0.717, 1.165) is 24.1 Å². The van der Waals surface area contributed by atoms with Gasteiger partial charge in [0.2, 0.25) is 0 Å². The van der Waals surface area contributed by atoms with Crippen molar-refractivity contribution in [3.63, 3.8) is 0 Å². The lowest BCUT2D eigenvalue weighted by atomic mass is 10.1. The number of carbonyl (C=O) groups excluding carboxylic acids is 1. The third-order valence-electron chi connectivity index (χ3n) is 2.40. The van der Waals surface area contributed by atoms with E-state index in [0.29, 0.717) is 12.8 Å². The fraction of sp³-hybridized carbons (Fsp3) is 0.533. The number of rotatable bonds is 5. The first-order valence-electron chi connectivity index (χ1n) is 6.43. The molecule has 0 N–H and O–H groups in total. The van der Waals surface area contributed by atoms with Gasteiger partial charge in [0.1, 0.15) is 5.60 Å². The number of pyridine rings is 1. The van der Waals surface area contributed by atoms with Gasteiger partial charge >= 0.3 is 5.97 Å². The van der Waals surface area contributed by atoms with E-state index in [4.69, 9.17) is 10.00 Å². The van der Waals surface area contributed by atoms with Crippen molar-refractivity contribution >= 4 is 5.97 Å². The largest absolute Gasteiger partial charge is 0.460 e. The van der Waals surface area contributed by atoms with Gasteiger partial charge in [0, 0.05) is 18.3 Å². The summed E-state index contributed by atoms with van der Waals surface area (Å²) in [6.45, 7) is 5.58. The topological polar surface area (TPSA) is 63.0 Å². The van der Waals surface area contributed by atoms with E-state index in [1.807, 2.05) is 32.9 Å². The second kappa shape index (κ2) is 6.89. The summed E-state index contributed by atoms with van der Waals surface area (Å²) in [5.74, 6) is -0.173. The third-order valence-corrected chi connectivity index (χ3v) is 2.40. The first kappa shape index (κ1) is 15.2. The van der Waals surface area contributed by atoms with E-state index in [-0.39, 0.29) is 5.97 Å². The highest BCUT2D eigenvalue weighted by molar-refractivity contribution is 5.69. The van der Waals surface area contributed by atoms with Crippen molar-refractivity contribution in [2.24, 2.45) is 0 Å². The van der Waals surface area contributed by atoms with Crippen LogP contribution in [-0.4, -0.2) is 16.6 Å². The lowest BCUT2D eigenvalue weighted by molar-refractivity contribution is -0.154. The molecule has 0 fully saturated rings. The first-order valence-corrected chi connectivity index (χ1v) is 6.43. The van der Waals surface area contributed by atoms with Gasteiger partial charge in [-0.3, -0.25) is 9.78 Å². The zero-order valence-corrected chi connectivity index (χ0v) is 11.8. The fourth-order valence-corrected chi connectivity index (χ4v) is 1.61. The molecule has 0 amide bonds. The summed E-state index contributed by atoms with van der Waals surface area (Å²) >= 11 is 0. The Labute approximate surface area is 114 Å². The molecule has 0 saturated carbocycles. The van der Waals surface area contributed by atoms with Crippen LogP contribution in [0.3, 0.4) is 0 Å². The highest BCUT2D eigenvalue weighted by Crippen LogP contribution is 2.10. The maximum Gasteiger partial charge on any atom is 0.306 e. The zero-order chi connectivity index (χ0) is 14.3. The number of nitriles is 1. The maximum absolute atomic E-state index is 11.5. The molecular weight excluding hydrogens is 240 g/mol. The Kier molecular flexibility index (Phi) is 5.50. The van der Waals surface area contributed by atoms with Crippen LogP contribution < -0.4 is 0 Å². The number of ether oxygens (including phenoxy) is 1. The molecule has 19 heavy (non-hydrogen) atoms. The summed E-state index contributed by atoms with van der Waals surface area (Å²) < 4.78 is 5.23. The van der Waals surface area contributed by atoms with Gasteiger partial charge in [-0.1, -0.05) is 6.07 Å². The molecule has 0 aliphatic carbocycles. The van der Waals surface area contributed by atoms with E-state index in [1.165, 1.54) is 0 Å². The molecule has 4 heteroatoms. The van der Waals surface area contributed by atoms with Crippen LogP contribution in [0.25, 0.3) is 0 Å². The van der Waals surface area contributed by atoms with Gasteiger partial charge in [0.15, 0.2) is 0 Å². The third kappa shape index (κ3) is 6.56. The Morgan fingerprint density at radius 2 is 2.16 bits per heavy atom. The molecule has 0 aliphatic heterocycles. The summed E-state index contributed by atoms with van der Waals surface area (Å²) in [6.07, 6.45) is 3.96. The van der Waals surface area contributed by atoms with Crippen molar-refractivity contribution in [2.75, 3.05) is 0 Å². The van der Waals surface area contributed by atoms with Gasteiger partial charge in [-0.25, -0.2) is 0 Å². The zero-order valence-electron chi connectivity index (χ0n) is 11.8. The smallest absolute Gasteiger partial charge is 0.306 e. The number of esters is 1. The van der Waals surface area contributed by atoms with Crippen molar-refractivity contribution in [2.45, 2.75) is 52.1 Å². The Hall–Kier alpha value is -1.89. The quantitative estimate of drug-likeness (QED) is 0.764. The van der Waals surface area contributed by atoms with Crippen LogP contribution in [-0.2, 0) is 22.4 Å². The Bertz CT molecular complexity index is 453. The molecule has 0 spiro atoms. The number of hydrogen-bond donors (Lipinski definition) is 0. The van der Waals surface area contributed by atoms with Crippen molar-refractivity contribution in [1.82, 2.24) is 4.98 Å². The predicted molar refractivity (Wildman–Crippen MR) is 72.3 cm³/mol. The number of aromatic nitrogens is 1. The summed E-state index contributed by atoms with van der Waals surface area (Å²) in [5.41, 5.74) is 1.43. The van der Waals surface area contributed by atoms with Crippen LogP contribution in [0.2, 0.25) is 0 Å². The molecular formula is C15H20N2O2. The lowest BCUT2D eigenvalue weighted by Crippen LogP contribution is -2.23. The lowest BCUT2D eigenvalue weighted by Gasteiger charge is -2.19. The van der Waals surface area contributed by atoms with Gasteiger partial charge in [-0.2, -0.15) is 5.26 Å². The molecule has 4 nitrogen and oxygen atoms in total. The molecule has 0 aromatic carbocycles. The molecule has 0 aliphatic rings. The minimum Gasteiger partial charge on any atom is -0.460 e. The van der Waals surface area contributed by atoms with Crippen LogP contribution in [0, 0.1) is 11.3 Å². The molecule has 0 bridgehead atoms. The summed E-state index contributed by atoms with van der Waals surface area (Å²) in [5, 5.41) is 8.56. The van der Waals surface area contributed by atoms with Crippen LogP contribution in [0.5, 0.6) is 0 Å². The normalized spacial score (nSPS) is 10.8. The Morgan fingerprint density at radius 3 is 2.68 bits per heavy atom. The average molecular weight is 260 g/mol. The highest BCUT2D eigenvalue weighted by atomic mass is 16.6. The van der Waals surface area contributed by atoms with Gasteiger partial charge in [-0.15, -0.1) is 0 Å². The minimum absolute atomic E-state index is 0.173. The molecule has 0 unspecified atom stereocenters. The molecule has 1 aromatic heterocycles. The van der Waals surface area contributed by atoms with E-state index in [2.05, 4.69) is 11.1 Å².